The molecular weight excluding hydrogens is 209 g/mol. The predicted octanol–water partition coefficient (Wildman–Crippen LogP) is 2.83. The third kappa shape index (κ3) is 2.97. The molecule has 0 saturated heterocycles. The van der Waals surface area contributed by atoms with Gasteiger partial charge in [-0.2, -0.15) is 13.2 Å². The van der Waals surface area contributed by atoms with E-state index in [0.29, 0.717) is 6.61 Å². The van der Waals surface area contributed by atoms with Crippen molar-refractivity contribution in [1.29, 1.82) is 0 Å². The summed E-state index contributed by atoms with van der Waals surface area (Å²) in [7, 11) is 0. The summed E-state index contributed by atoms with van der Waals surface area (Å²) in [5.74, 6) is -1.60. The fraction of sp³-hybridized carbons (Fsp3) is 0.300. The van der Waals surface area contributed by atoms with Crippen LogP contribution in [-0.2, 0) is 0 Å². The molecule has 0 aliphatic heterocycles. The zero-order valence-corrected chi connectivity index (χ0v) is 7.97. The monoisotopic (exact) mass is 218 g/mol. The topological polar surface area (TPSA) is 26.3 Å². The second-order valence-corrected chi connectivity index (χ2v) is 2.79. The number of carbonyl (C=O) groups is 1. The number of Topliss-reactive ketones (excluding diaryl/α,β-unsaturated/α-hetero) is 1. The SMILES string of the molecule is CCOc1cccc(C(=O)C(F)(F)F)c1. The summed E-state index contributed by atoms with van der Waals surface area (Å²) in [5, 5.41) is 0. The first kappa shape index (κ1) is 11.6. The Morgan fingerprint density at radius 2 is 2.07 bits per heavy atom. The summed E-state index contributed by atoms with van der Waals surface area (Å²) in [6.45, 7) is 2.04. The van der Waals surface area contributed by atoms with E-state index in [1.165, 1.54) is 12.1 Å². The van der Waals surface area contributed by atoms with Gasteiger partial charge in [-0.25, -0.2) is 0 Å². The van der Waals surface area contributed by atoms with E-state index in [1.807, 2.05) is 0 Å². The van der Waals surface area contributed by atoms with Crippen molar-refractivity contribution in [1.82, 2.24) is 0 Å². The van der Waals surface area contributed by atoms with Crippen LogP contribution in [0.2, 0.25) is 0 Å². The van der Waals surface area contributed by atoms with Gasteiger partial charge in [-0.15, -0.1) is 0 Å². The van der Waals surface area contributed by atoms with E-state index in [0.717, 1.165) is 12.1 Å². The number of hydrogen-bond donors (Lipinski definition) is 0. The molecule has 0 radical (unpaired) electrons. The van der Waals surface area contributed by atoms with E-state index in [2.05, 4.69) is 0 Å². The van der Waals surface area contributed by atoms with E-state index >= 15 is 0 Å². The molecule has 0 N–H and O–H groups in total. The lowest BCUT2D eigenvalue weighted by Gasteiger charge is -2.07. The van der Waals surface area contributed by atoms with Crippen LogP contribution in [0.15, 0.2) is 24.3 Å². The Morgan fingerprint density at radius 3 is 2.60 bits per heavy atom. The fourth-order valence-electron chi connectivity index (χ4n) is 1.06. The second kappa shape index (κ2) is 4.33. The van der Waals surface area contributed by atoms with Gasteiger partial charge in [-0.05, 0) is 19.1 Å². The Labute approximate surface area is 84.7 Å². The van der Waals surface area contributed by atoms with Gasteiger partial charge in [0.25, 0.3) is 5.78 Å². The molecule has 15 heavy (non-hydrogen) atoms. The van der Waals surface area contributed by atoms with Crippen molar-refractivity contribution < 1.29 is 22.7 Å². The number of alkyl halides is 3. The molecule has 82 valence electrons. The maximum Gasteiger partial charge on any atom is 0.454 e. The number of hydrogen-bond acceptors (Lipinski definition) is 2. The summed E-state index contributed by atoms with van der Waals surface area (Å²) in [4.78, 5) is 10.8. The van der Waals surface area contributed by atoms with Gasteiger partial charge >= 0.3 is 6.18 Å². The van der Waals surface area contributed by atoms with Crippen molar-refractivity contribution in [3.05, 3.63) is 29.8 Å². The lowest BCUT2D eigenvalue weighted by molar-refractivity contribution is -0.0885. The van der Waals surface area contributed by atoms with E-state index in [9.17, 15) is 18.0 Å². The average molecular weight is 218 g/mol. The highest BCUT2D eigenvalue weighted by Crippen LogP contribution is 2.23. The molecule has 0 bridgehead atoms. The second-order valence-electron chi connectivity index (χ2n) is 2.79. The number of halogens is 3. The molecule has 1 aromatic rings. The van der Waals surface area contributed by atoms with Gasteiger partial charge in [0.05, 0.1) is 6.61 Å². The van der Waals surface area contributed by atoms with Gasteiger partial charge in [0.1, 0.15) is 5.75 Å². The average Bonchev–Trinajstić information content (AvgIpc) is 2.16. The van der Waals surface area contributed by atoms with Crippen LogP contribution in [-0.4, -0.2) is 18.6 Å². The summed E-state index contributed by atoms with van der Waals surface area (Å²) in [6.07, 6.45) is -4.84. The summed E-state index contributed by atoms with van der Waals surface area (Å²) in [5.41, 5.74) is -0.409. The van der Waals surface area contributed by atoms with E-state index in [4.69, 9.17) is 4.74 Å². The number of ketones is 1. The molecule has 0 unspecified atom stereocenters. The molecule has 0 aliphatic carbocycles. The van der Waals surface area contributed by atoms with Crippen LogP contribution in [0.5, 0.6) is 5.75 Å². The summed E-state index contributed by atoms with van der Waals surface area (Å²) in [6, 6.07) is 5.04. The molecule has 2 nitrogen and oxygen atoms in total. The van der Waals surface area contributed by atoms with Crippen molar-refractivity contribution in [2.45, 2.75) is 13.1 Å². The molecule has 0 heterocycles. The maximum absolute atomic E-state index is 12.1. The van der Waals surface area contributed by atoms with Gasteiger partial charge in [0, 0.05) is 5.56 Å². The smallest absolute Gasteiger partial charge is 0.454 e. The van der Waals surface area contributed by atoms with Crippen molar-refractivity contribution in [3.8, 4) is 5.75 Å². The number of rotatable bonds is 3. The van der Waals surface area contributed by atoms with Gasteiger partial charge in [0.15, 0.2) is 0 Å². The normalized spacial score (nSPS) is 11.2. The highest BCUT2D eigenvalue weighted by molar-refractivity contribution is 6.00. The summed E-state index contributed by atoms with van der Waals surface area (Å²) < 4.78 is 41.2. The van der Waals surface area contributed by atoms with Gasteiger partial charge < -0.3 is 4.74 Å². The van der Waals surface area contributed by atoms with Crippen LogP contribution < -0.4 is 4.74 Å². The van der Waals surface area contributed by atoms with Gasteiger partial charge in [0.2, 0.25) is 0 Å². The van der Waals surface area contributed by atoms with Crippen molar-refractivity contribution >= 4 is 5.78 Å². The van der Waals surface area contributed by atoms with Crippen LogP contribution in [0.25, 0.3) is 0 Å². The zero-order valence-electron chi connectivity index (χ0n) is 7.97. The molecule has 0 spiro atoms. The van der Waals surface area contributed by atoms with Crippen LogP contribution >= 0.6 is 0 Å². The Balaban J connectivity index is 2.95. The fourth-order valence-corrected chi connectivity index (χ4v) is 1.06. The van der Waals surface area contributed by atoms with Crippen molar-refractivity contribution in [2.75, 3.05) is 6.61 Å². The minimum absolute atomic E-state index is 0.257. The molecule has 0 amide bonds. The standard InChI is InChI=1S/C10H9F3O2/c1-2-15-8-5-3-4-7(6-8)9(14)10(11,12)13/h3-6H,2H2,1H3. The molecule has 5 heteroatoms. The molecule has 0 aliphatic rings. The largest absolute Gasteiger partial charge is 0.494 e. The highest BCUT2D eigenvalue weighted by atomic mass is 19.4. The lowest BCUT2D eigenvalue weighted by Crippen LogP contribution is -2.22. The van der Waals surface area contributed by atoms with Gasteiger partial charge in [-0.3, -0.25) is 4.79 Å². The molecule has 0 aromatic heterocycles. The highest BCUT2D eigenvalue weighted by Gasteiger charge is 2.39. The van der Waals surface area contributed by atoms with Crippen LogP contribution in [0.3, 0.4) is 0 Å². The Morgan fingerprint density at radius 1 is 1.40 bits per heavy atom. The Bertz CT molecular complexity index is 358. The maximum atomic E-state index is 12.1. The summed E-state index contributed by atoms with van der Waals surface area (Å²) >= 11 is 0. The number of ether oxygens (including phenoxy) is 1. The Kier molecular flexibility index (Phi) is 3.34. The zero-order chi connectivity index (χ0) is 11.5. The van der Waals surface area contributed by atoms with Crippen LogP contribution in [0.1, 0.15) is 17.3 Å². The predicted molar refractivity (Wildman–Crippen MR) is 48.0 cm³/mol. The number of carbonyl (C=O) groups excluding carboxylic acids is 1. The minimum Gasteiger partial charge on any atom is -0.494 e. The van der Waals surface area contributed by atoms with E-state index in [1.54, 1.807) is 6.92 Å². The van der Waals surface area contributed by atoms with Crippen LogP contribution in [0.4, 0.5) is 13.2 Å². The first-order valence-electron chi connectivity index (χ1n) is 4.29. The lowest BCUT2D eigenvalue weighted by atomic mass is 10.1. The minimum atomic E-state index is -4.84. The molecule has 1 rings (SSSR count). The molecule has 1 aromatic carbocycles. The van der Waals surface area contributed by atoms with E-state index < -0.39 is 17.5 Å². The third-order valence-electron chi connectivity index (χ3n) is 1.66. The molecule has 0 fully saturated rings. The van der Waals surface area contributed by atoms with Gasteiger partial charge in [-0.1, -0.05) is 12.1 Å². The van der Waals surface area contributed by atoms with Crippen molar-refractivity contribution in [3.63, 3.8) is 0 Å². The molecular formula is C10H9F3O2. The Hall–Kier alpha value is -1.52. The van der Waals surface area contributed by atoms with Crippen LogP contribution in [0, 0.1) is 0 Å². The number of benzene rings is 1. The third-order valence-corrected chi connectivity index (χ3v) is 1.66. The first-order valence-corrected chi connectivity index (χ1v) is 4.29. The molecule has 0 saturated carbocycles. The quantitative estimate of drug-likeness (QED) is 0.729. The van der Waals surface area contributed by atoms with E-state index in [-0.39, 0.29) is 5.75 Å². The van der Waals surface area contributed by atoms with Crippen molar-refractivity contribution in [2.24, 2.45) is 0 Å². The first-order chi connectivity index (χ1) is 6.95. The molecule has 0 atom stereocenters.